The second-order valence-electron chi connectivity index (χ2n) is 6.06. The molecule has 3 rings (SSSR count). The van der Waals surface area contributed by atoms with Crippen LogP contribution in [0.1, 0.15) is 9.75 Å². The molecule has 2 N–H and O–H groups in total. The summed E-state index contributed by atoms with van der Waals surface area (Å²) in [5, 5.41) is 15.2. The first-order valence-electron chi connectivity index (χ1n) is 8.60. The zero-order chi connectivity index (χ0) is 21.7. The number of nitrogens with zero attached hydrogens (tertiary/aromatic N) is 2. The van der Waals surface area contributed by atoms with Crippen LogP contribution in [0.4, 0.5) is 17.1 Å². The molecule has 0 atom stereocenters. The number of nitro benzene ring substituents is 1. The van der Waals surface area contributed by atoms with Gasteiger partial charge in [-0.15, -0.1) is 11.3 Å². The molecule has 0 aliphatic carbocycles. The first kappa shape index (κ1) is 21.3. The van der Waals surface area contributed by atoms with Crippen molar-refractivity contribution in [2.75, 3.05) is 17.3 Å². The number of non-ortho nitro benzene ring substituents is 1. The number of anilines is 2. The molecule has 0 fully saturated rings. The molecule has 9 nitrogen and oxygen atoms in total. The highest BCUT2D eigenvalue weighted by Crippen LogP contribution is 2.31. The average molecular weight is 447 g/mol. The van der Waals surface area contributed by atoms with Gasteiger partial charge in [0, 0.05) is 21.9 Å². The number of benzene rings is 2. The molecule has 0 spiro atoms. The Balaban J connectivity index is 1.96. The molecule has 0 amide bonds. The number of ether oxygens (including phenoxy) is 1. The van der Waals surface area contributed by atoms with Gasteiger partial charge in [0.1, 0.15) is 10.6 Å². The van der Waals surface area contributed by atoms with Gasteiger partial charge in [0.25, 0.3) is 15.7 Å². The number of sulfonamides is 1. The minimum absolute atomic E-state index is 0.0903. The highest BCUT2D eigenvalue weighted by molar-refractivity contribution is 7.93. The summed E-state index contributed by atoms with van der Waals surface area (Å²) in [6.45, 7) is 1.96. The third-order valence-electron chi connectivity index (χ3n) is 3.95. The van der Waals surface area contributed by atoms with Crippen molar-refractivity contribution in [2.24, 2.45) is 5.10 Å². The van der Waals surface area contributed by atoms with E-state index >= 15 is 0 Å². The SMILES string of the molecule is COc1ccccc1NS(=O)(=O)c1cc([N+](=O)[O-])ccc1N/N=C/c1ccc(C)s1. The Morgan fingerprint density at radius 3 is 2.57 bits per heavy atom. The quantitative estimate of drug-likeness (QED) is 0.303. The maximum Gasteiger partial charge on any atom is 0.270 e. The van der Waals surface area contributed by atoms with E-state index in [2.05, 4.69) is 15.2 Å². The lowest BCUT2D eigenvalue weighted by molar-refractivity contribution is -0.385. The van der Waals surface area contributed by atoms with E-state index < -0.39 is 14.9 Å². The topological polar surface area (TPSA) is 123 Å². The highest BCUT2D eigenvalue weighted by atomic mass is 32.2. The van der Waals surface area contributed by atoms with Crippen molar-refractivity contribution in [3.05, 3.63) is 74.5 Å². The van der Waals surface area contributed by atoms with Crippen molar-refractivity contribution in [1.82, 2.24) is 0 Å². The molecule has 0 saturated carbocycles. The average Bonchev–Trinajstić information content (AvgIpc) is 3.13. The normalized spacial score (nSPS) is 11.4. The predicted octanol–water partition coefficient (Wildman–Crippen LogP) is 4.22. The second kappa shape index (κ2) is 8.93. The molecule has 2 aromatic carbocycles. The van der Waals surface area contributed by atoms with Crippen LogP contribution in [-0.4, -0.2) is 26.7 Å². The molecule has 11 heteroatoms. The van der Waals surface area contributed by atoms with E-state index in [9.17, 15) is 18.5 Å². The summed E-state index contributed by atoms with van der Waals surface area (Å²) in [4.78, 5) is 12.2. The molecule has 3 aromatic rings. The van der Waals surface area contributed by atoms with Crippen molar-refractivity contribution >= 4 is 44.6 Å². The summed E-state index contributed by atoms with van der Waals surface area (Å²) < 4.78 is 33.6. The van der Waals surface area contributed by atoms with E-state index in [-0.39, 0.29) is 22.0 Å². The lowest BCUT2D eigenvalue weighted by Crippen LogP contribution is -2.15. The number of hydrogen-bond donors (Lipinski definition) is 2. The third kappa shape index (κ3) is 4.93. The van der Waals surface area contributed by atoms with Crippen molar-refractivity contribution in [1.29, 1.82) is 0 Å². The van der Waals surface area contributed by atoms with Crippen LogP contribution < -0.4 is 14.9 Å². The maximum atomic E-state index is 13.0. The van der Waals surface area contributed by atoms with Crippen LogP contribution in [0.2, 0.25) is 0 Å². The first-order chi connectivity index (χ1) is 14.3. The molecule has 0 saturated heterocycles. The van der Waals surface area contributed by atoms with Crippen molar-refractivity contribution in [3.63, 3.8) is 0 Å². The molecule has 156 valence electrons. The number of rotatable bonds is 8. The predicted molar refractivity (Wildman–Crippen MR) is 117 cm³/mol. The van der Waals surface area contributed by atoms with Gasteiger partial charge in [0.2, 0.25) is 0 Å². The van der Waals surface area contributed by atoms with Crippen LogP contribution in [-0.2, 0) is 10.0 Å². The summed E-state index contributed by atoms with van der Waals surface area (Å²) >= 11 is 1.52. The number of thiophene rings is 1. The minimum Gasteiger partial charge on any atom is -0.495 e. The second-order valence-corrected chi connectivity index (χ2v) is 9.03. The van der Waals surface area contributed by atoms with E-state index in [0.29, 0.717) is 5.75 Å². The molecule has 1 heterocycles. The van der Waals surface area contributed by atoms with E-state index in [4.69, 9.17) is 4.74 Å². The Hall–Kier alpha value is -3.44. The van der Waals surface area contributed by atoms with Crippen molar-refractivity contribution in [3.8, 4) is 5.75 Å². The molecule has 0 bridgehead atoms. The van der Waals surface area contributed by atoms with Crippen LogP contribution in [0.25, 0.3) is 0 Å². The first-order valence-corrected chi connectivity index (χ1v) is 10.9. The lowest BCUT2D eigenvalue weighted by Gasteiger charge is -2.14. The van der Waals surface area contributed by atoms with E-state index in [0.717, 1.165) is 15.8 Å². The molecule has 0 radical (unpaired) electrons. The van der Waals surface area contributed by atoms with Gasteiger partial charge >= 0.3 is 0 Å². The highest BCUT2D eigenvalue weighted by Gasteiger charge is 2.23. The molecular formula is C19H18N4O5S2. The van der Waals surface area contributed by atoms with Gasteiger partial charge in [0.15, 0.2) is 0 Å². The number of nitrogens with one attached hydrogen (secondary N) is 2. The summed E-state index contributed by atoms with van der Waals surface area (Å²) in [6, 6.07) is 13.7. The molecule has 1 aromatic heterocycles. The lowest BCUT2D eigenvalue weighted by atomic mass is 10.3. The molecular weight excluding hydrogens is 428 g/mol. The summed E-state index contributed by atoms with van der Waals surface area (Å²) in [6.07, 6.45) is 1.54. The van der Waals surface area contributed by atoms with Crippen LogP contribution in [0.15, 0.2) is 64.6 Å². The van der Waals surface area contributed by atoms with Crippen LogP contribution in [0, 0.1) is 17.0 Å². The van der Waals surface area contributed by atoms with Crippen LogP contribution >= 0.6 is 11.3 Å². The van der Waals surface area contributed by atoms with Gasteiger partial charge in [-0.1, -0.05) is 12.1 Å². The maximum absolute atomic E-state index is 13.0. The number of aryl methyl sites for hydroxylation is 1. The molecule has 0 aliphatic heterocycles. The number of hydrogen-bond acceptors (Lipinski definition) is 8. The van der Waals surface area contributed by atoms with Crippen LogP contribution in [0.5, 0.6) is 5.75 Å². The standard InChI is InChI=1S/C19H18N4O5S2/c1-13-7-9-15(29-13)12-20-21-17-10-8-14(23(24)25)11-19(17)30(26,27)22-16-5-3-4-6-18(16)28-2/h3-12,21-22H,1-2H3/b20-12+. The van der Waals surface area contributed by atoms with Gasteiger partial charge in [-0.3, -0.25) is 20.3 Å². The minimum atomic E-state index is -4.19. The van der Waals surface area contributed by atoms with Crippen molar-refractivity contribution in [2.45, 2.75) is 11.8 Å². The van der Waals surface area contributed by atoms with Gasteiger partial charge < -0.3 is 4.74 Å². The molecule has 0 unspecified atom stereocenters. The summed E-state index contributed by atoms with van der Waals surface area (Å²) in [7, 11) is -2.78. The number of hydrazone groups is 1. The Labute approximate surface area is 177 Å². The van der Waals surface area contributed by atoms with Gasteiger partial charge in [-0.25, -0.2) is 8.42 Å². The monoisotopic (exact) mass is 446 g/mol. The zero-order valence-electron chi connectivity index (χ0n) is 16.0. The molecule has 0 aliphatic rings. The number of para-hydroxylation sites is 2. The number of nitro groups is 1. The Bertz CT molecular complexity index is 1210. The van der Waals surface area contributed by atoms with Crippen LogP contribution in [0.3, 0.4) is 0 Å². The fourth-order valence-corrected chi connectivity index (χ4v) is 4.55. The Morgan fingerprint density at radius 2 is 1.90 bits per heavy atom. The van der Waals surface area contributed by atoms with E-state index in [1.807, 2.05) is 19.1 Å². The smallest absolute Gasteiger partial charge is 0.270 e. The van der Waals surface area contributed by atoms with E-state index in [1.165, 1.54) is 36.6 Å². The summed E-state index contributed by atoms with van der Waals surface area (Å²) in [5.41, 5.74) is 2.59. The fraction of sp³-hybridized carbons (Fsp3) is 0.105. The number of methoxy groups -OCH3 is 1. The Morgan fingerprint density at radius 1 is 1.13 bits per heavy atom. The van der Waals surface area contributed by atoms with Gasteiger partial charge in [-0.2, -0.15) is 5.10 Å². The van der Waals surface area contributed by atoms with Crippen molar-refractivity contribution < 1.29 is 18.1 Å². The zero-order valence-corrected chi connectivity index (χ0v) is 17.7. The van der Waals surface area contributed by atoms with Gasteiger partial charge in [-0.05, 0) is 37.3 Å². The fourth-order valence-electron chi connectivity index (χ4n) is 2.56. The van der Waals surface area contributed by atoms with Gasteiger partial charge in [0.05, 0.1) is 29.6 Å². The Kier molecular flexibility index (Phi) is 6.33. The largest absolute Gasteiger partial charge is 0.495 e. The molecule has 30 heavy (non-hydrogen) atoms. The third-order valence-corrected chi connectivity index (χ3v) is 6.30. The summed E-state index contributed by atoms with van der Waals surface area (Å²) in [5.74, 6) is 0.312. The van der Waals surface area contributed by atoms with E-state index in [1.54, 1.807) is 24.4 Å².